The summed E-state index contributed by atoms with van der Waals surface area (Å²) in [5.74, 6) is 0.664. The molecule has 0 radical (unpaired) electrons. The molecule has 1 aliphatic carbocycles. The predicted octanol–water partition coefficient (Wildman–Crippen LogP) is 10.00. The normalized spacial score (nSPS) is 13.1. The van der Waals surface area contributed by atoms with E-state index >= 15 is 0 Å². The molecule has 1 aliphatic rings. The minimum Gasteiger partial charge on any atom is -0.255 e. The summed E-state index contributed by atoms with van der Waals surface area (Å²) in [6.45, 7) is 4.66. The van der Waals surface area contributed by atoms with E-state index in [2.05, 4.69) is 105 Å². The lowest BCUT2D eigenvalue weighted by atomic mass is 9.81. The van der Waals surface area contributed by atoms with Crippen LogP contribution in [0, 0.1) is 0 Å². The molecule has 0 saturated carbocycles. The Morgan fingerprint density at radius 3 is 1.86 bits per heavy atom. The lowest BCUT2D eigenvalue weighted by Gasteiger charge is -2.22. The molecule has 0 unspecified atom stereocenters. The maximum Gasteiger partial charge on any atom is 0.161 e. The third kappa shape index (κ3) is 4.24. The molecule has 0 amide bonds. The molecule has 43 heavy (non-hydrogen) atoms. The monoisotopic (exact) mass is 551 g/mol. The van der Waals surface area contributed by atoms with Gasteiger partial charge < -0.3 is 0 Å². The van der Waals surface area contributed by atoms with Crippen LogP contribution in [0.15, 0.2) is 140 Å². The summed E-state index contributed by atoms with van der Waals surface area (Å²) in [4.78, 5) is 14.9. The van der Waals surface area contributed by atoms with Crippen molar-refractivity contribution in [2.75, 3.05) is 0 Å². The van der Waals surface area contributed by atoms with Crippen molar-refractivity contribution in [3.63, 3.8) is 0 Å². The molecular weight excluding hydrogens is 522 g/mol. The number of hydrogen-bond acceptors (Lipinski definition) is 3. The van der Waals surface area contributed by atoms with Crippen molar-refractivity contribution < 1.29 is 0 Å². The lowest BCUT2D eigenvalue weighted by Crippen LogP contribution is -2.15. The van der Waals surface area contributed by atoms with Crippen molar-refractivity contribution in [3.05, 3.63) is 151 Å². The molecular formula is C40H29N3. The summed E-state index contributed by atoms with van der Waals surface area (Å²) in [6, 6.07) is 46.8. The predicted molar refractivity (Wildman–Crippen MR) is 177 cm³/mol. The molecule has 3 heteroatoms. The Morgan fingerprint density at radius 2 is 1.14 bits per heavy atom. The van der Waals surface area contributed by atoms with Gasteiger partial charge in [0.2, 0.25) is 0 Å². The van der Waals surface area contributed by atoms with E-state index in [0.29, 0.717) is 5.82 Å². The van der Waals surface area contributed by atoms with Crippen molar-refractivity contribution >= 4 is 10.8 Å². The van der Waals surface area contributed by atoms with Crippen molar-refractivity contribution in [2.24, 2.45) is 0 Å². The Morgan fingerprint density at radius 1 is 0.488 bits per heavy atom. The van der Waals surface area contributed by atoms with Gasteiger partial charge in [0.25, 0.3) is 0 Å². The van der Waals surface area contributed by atoms with Crippen LogP contribution in [0.25, 0.3) is 67.1 Å². The molecule has 0 atom stereocenters. The van der Waals surface area contributed by atoms with Gasteiger partial charge in [-0.15, -0.1) is 0 Å². The third-order valence-electron chi connectivity index (χ3n) is 8.75. The minimum atomic E-state index is -0.125. The quantitative estimate of drug-likeness (QED) is 0.218. The fourth-order valence-electron chi connectivity index (χ4n) is 6.45. The van der Waals surface area contributed by atoms with E-state index in [1.54, 1.807) is 0 Å². The van der Waals surface area contributed by atoms with Crippen LogP contribution < -0.4 is 0 Å². The summed E-state index contributed by atoms with van der Waals surface area (Å²) < 4.78 is 0. The highest BCUT2D eigenvalue weighted by molar-refractivity contribution is 6.02. The number of fused-ring (bicyclic) bond motifs is 5. The topological polar surface area (TPSA) is 38.7 Å². The molecule has 0 spiro atoms. The second-order valence-electron chi connectivity index (χ2n) is 11.7. The highest BCUT2D eigenvalue weighted by Gasteiger charge is 2.36. The van der Waals surface area contributed by atoms with Crippen LogP contribution in [-0.4, -0.2) is 15.0 Å². The fourth-order valence-corrected chi connectivity index (χ4v) is 6.45. The Hall–Kier alpha value is -5.41. The SMILES string of the molecule is CC1(C)c2cc(-c3cc(-c4ccccc4)nc(-c4ccc(-c5ccccc5)nc4)n3)ccc2-c2c1ccc1ccccc21. The number of rotatable bonds is 4. The van der Waals surface area contributed by atoms with Gasteiger partial charge in [-0.3, -0.25) is 4.98 Å². The molecule has 0 bridgehead atoms. The molecule has 5 aromatic carbocycles. The highest BCUT2D eigenvalue weighted by Crippen LogP contribution is 2.52. The molecule has 2 aromatic heterocycles. The van der Waals surface area contributed by atoms with Crippen LogP contribution in [0.3, 0.4) is 0 Å². The Kier molecular flexibility index (Phi) is 5.80. The molecule has 0 aliphatic heterocycles. The first kappa shape index (κ1) is 25.3. The van der Waals surface area contributed by atoms with E-state index in [9.17, 15) is 0 Å². The van der Waals surface area contributed by atoms with Crippen LogP contribution >= 0.6 is 0 Å². The van der Waals surface area contributed by atoms with Gasteiger partial charge in [-0.2, -0.15) is 0 Å². The van der Waals surface area contributed by atoms with E-state index < -0.39 is 0 Å². The van der Waals surface area contributed by atoms with Crippen molar-refractivity contribution in [1.29, 1.82) is 0 Å². The Bertz CT molecular complexity index is 2130. The van der Waals surface area contributed by atoms with Crippen LogP contribution in [0.1, 0.15) is 25.0 Å². The maximum absolute atomic E-state index is 5.12. The van der Waals surface area contributed by atoms with Crippen LogP contribution in [0.5, 0.6) is 0 Å². The third-order valence-corrected chi connectivity index (χ3v) is 8.75. The second-order valence-corrected chi connectivity index (χ2v) is 11.7. The van der Waals surface area contributed by atoms with E-state index in [1.807, 2.05) is 48.7 Å². The zero-order chi connectivity index (χ0) is 29.0. The number of hydrogen-bond donors (Lipinski definition) is 0. The number of benzene rings is 5. The van der Waals surface area contributed by atoms with Gasteiger partial charge in [-0.05, 0) is 57.3 Å². The molecule has 204 valence electrons. The van der Waals surface area contributed by atoms with Gasteiger partial charge in [0.15, 0.2) is 5.82 Å². The molecule has 0 fully saturated rings. The smallest absolute Gasteiger partial charge is 0.161 e. The van der Waals surface area contributed by atoms with E-state index in [1.165, 1.54) is 33.0 Å². The zero-order valence-electron chi connectivity index (χ0n) is 24.1. The van der Waals surface area contributed by atoms with Gasteiger partial charge >= 0.3 is 0 Å². The fraction of sp³-hybridized carbons (Fsp3) is 0.0750. The average Bonchev–Trinajstić information content (AvgIpc) is 3.31. The molecule has 7 aromatic rings. The van der Waals surface area contributed by atoms with Gasteiger partial charge in [-0.1, -0.05) is 123 Å². The van der Waals surface area contributed by atoms with Crippen molar-refractivity contribution in [2.45, 2.75) is 19.3 Å². The standard InChI is InChI=1S/C40H29N3/c1-40(2)33-21-18-26-11-9-10-16-31(26)38(33)32-20-17-29(23-34(32)40)37-24-36(28-14-7-4-8-15-28)42-39(43-37)30-19-22-35(41-25-30)27-12-5-3-6-13-27/h3-25H,1-2H3. The molecule has 0 N–H and O–H groups in total. The highest BCUT2D eigenvalue weighted by atomic mass is 14.9. The first-order chi connectivity index (χ1) is 21.1. The van der Waals surface area contributed by atoms with E-state index in [0.717, 1.165) is 39.3 Å². The Labute approximate surface area is 251 Å². The van der Waals surface area contributed by atoms with Gasteiger partial charge in [0.1, 0.15) is 0 Å². The molecule has 3 nitrogen and oxygen atoms in total. The van der Waals surface area contributed by atoms with Gasteiger partial charge in [-0.25, -0.2) is 9.97 Å². The summed E-state index contributed by atoms with van der Waals surface area (Å²) >= 11 is 0. The number of aromatic nitrogens is 3. The number of pyridine rings is 1. The average molecular weight is 552 g/mol. The molecule has 2 heterocycles. The van der Waals surface area contributed by atoms with Gasteiger partial charge in [0.05, 0.1) is 17.1 Å². The zero-order valence-corrected chi connectivity index (χ0v) is 24.1. The van der Waals surface area contributed by atoms with Crippen LogP contribution in [0.4, 0.5) is 0 Å². The van der Waals surface area contributed by atoms with Crippen LogP contribution in [-0.2, 0) is 5.41 Å². The van der Waals surface area contributed by atoms with Crippen LogP contribution in [0.2, 0.25) is 0 Å². The summed E-state index contributed by atoms with van der Waals surface area (Å²) in [6.07, 6.45) is 1.88. The molecule has 8 rings (SSSR count). The summed E-state index contributed by atoms with van der Waals surface area (Å²) in [5.41, 5.74) is 12.1. The van der Waals surface area contributed by atoms with E-state index in [4.69, 9.17) is 15.0 Å². The van der Waals surface area contributed by atoms with Gasteiger partial charge in [0, 0.05) is 33.9 Å². The first-order valence-electron chi connectivity index (χ1n) is 14.7. The summed E-state index contributed by atoms with van der Waals surface area (Å²) in [5, 5.41) is 2.58. The second kappa shape index (κ2) is 9.85. The first-order valence-corrected chi connectivity index (χ1v) is 14.7. The molecule has 0 saturated heterocycles. The maximum atomic E-state index is 5.12. The number of nitrogens with zero attached hydrogens (tertiary/aromatic N) is 3. The van der Waals surface area contributed by atoms with Crippen molar-refractivity contribution in [1.82, 2.24) is 15.0 Å². The Balaban J connectivity index is 1.27. The largest absolute Gasteiger partial charge is 0.255 e. The summed E-state index contributed by atoms with van der Waals surface area (Å²) in [7, 11) is 0. The van der Waals surface area contributed by atoms with E-state index in [-0.39, 0.29) is 5.41 Å². The van der Waals surface area contributed by atoms with Crippen molar-refractivity contribution in [3.8, 4) is 56.3 Å². The lowest BCUT2D eigenvalue weighted by molar-refractivity contribution is 0.661. The minimum absolute atomic E-state index is 0.125.